The highest BCUT2D eigenvalue weighted by Gasteiger charge is 2.19. The van der Waals surface area contributed by atoms with Crippen LogP contribution in [0, 0.1) is 0 Å². The summed E-state index contributed by atoms with van der Waals surface area (Å²) in [5, 5.41) is 10.9. The second-order valence-electron chi connectivity index (χ2n) is 7.92. The average molecular weight is 455 g/mol. The molecule has 11 heteroatoms. The Labute approximate surface area is 193 Å². The van der Waals surface area contributed by atoms with E-state index in [1.165, 1.54) is 11.1 Å². The minimum atomic E-state index is -0.186. The highest BCUT2D eigenvalue weighted by atomic mass is 16.2. The Kier molecular flexibility index (Phi) is 5.21. The molecule has 0 aliphatic rings. The number of carbonyl (C=O) groups is 2. The van der Waals surface area contributed by atoms with Crippen LogP contribution in [0.3, 0.4) is 0 Å². The predicted molar refractivity (Wildman–Crippen MR) is 127 cm³/mol. The molecule has 11 nitrogen and oxygen atoms in total. The van der Waals surface area contributed by atoms with Gasteiger partial charge in [-0.15, -0.1) is 0 Å². The largest absolute Gasteiger partial charge is 0.345 e. The lowest BCUT2D eigenvalue weighted by molar-refractivity contribution is -0.115. The van der Waals surface area contributed by atoms with Gasteiger partial charge >= 0.3 is 0 Å². The molecule has 3 N–H and O–H groups in total. The number of rotatable bonds is 5. The number of pyridine rings is 3. The SMILES string of the molecule is CCC(=O)Nc1cncc(-c2cnc3[nH]nc(-c4nc5c(C(=O)N(C)C)cncc5[nH]4)c3c2)c1. The molecule has 5 aromatic heterocycles. The van der Waals surface area contributed by atoms with Crippen LogP contribution in [0.1, 0.15) is 23.7 Å². The number of anilines is 1. The van der Waals surface area contributed by atoms with E-state index < -0.39 is 0 Å². The van der Waals surface area contributed by atoms with E-state index >= 15 is 0 Å². The molecule has 170 valence electrons. The van der Waals surface area contributed by atoms with Crippen LogP contribution in [0.4, 0.5) is 5.69 Å². The van der Waals surface area contributed by atoms with Crippen LogP contribution < -0.4 is 5.32 Å². The fraction of sp³-hybridized carbons (Fsp3) is 0.174. The highest BCUT2D eigenvalue weighted by Crippen LogP contribution is 2.30. The number of fused-ring (bicyclic) bond motifs is 2. The first-order valence-electron chi connectivity index (χ1n) is 10.6. The van der Waals surface area contributed by atoms with Gasteiger partial charge in [-0.2, -0.15) is 5.10 Å². The first-order valence-corrected chi connectivity index (χ1v) is 10.6. The lowest BCUT2D eigenvalue weighted by Gasteiger charge is -2.09. The van der Waals surface area contributed by atoms with E-state index in [-0.39, 0.29) is 11.8 Å². The van der Waals surface area contributed by atoms with Gasteiger partial charge in [-0.25, -0.2) is 9.97 Å². The zero-order valence-electron chi connectivity index (χ0n) is 18.7. The molecule has 0 unspecified atom stereocenters. The quantitative estimate of drug-likeness (QED) is 0.369. The van der Waals surface area contributed by atoms with Crippen LogP contribution in [-0.4, -0.2) is 65.9 Å². The molecule has 5 heterocycles. The van der Waals surface area contributed by atoms with Gasteiger partial charge in [-0.05, 0) is 12.1 Å². The van der Waals surface area contributed by atoms with Gasteiger partial charge in [0.25, 0.3) is 5.91 Å². The van der Waals surface area contributed by atoms with Crippen molar-refractivity contribution in [1.82, 2.24) is 40.0 Å². The second kappa shape index (κ2) is 8.35. The molecular weight excluding hydrogens is 434 g/mol. The summed E-state index contributed by atoms with van der Waals surface area (Å²) >= 11 is 0. The van der Waals surface area contributed by atoms with Gasteiger partial charge < -0.3 is 15.2 Å². The number of amides is 2. The Hall–Kier alpha value is -4.67. The molecule has 0 saturated heterocycles. The lowest BCUT2D eigenvalue weighted by Crippen LogP contribution is -2.22. The van der Waals surface area contributed by atoms with Crippen molar-refractivity contribution in [1.29, 1.82) is 0 Å². The lowest BCUT2D eigenvalue weighted by atomic mass is 10.1. The minimum Gasteiger partial charge on any atom is -0.345 e. The Morgan fingerprint density at radius 1 is 1.03 bits per heavy atom. The molecule has 0 aliphatic heterocycles. The number of carbonyl (C=O) groups excluding carboxylic acids is 2. The summed E-state index contributed by atoms with van der Waals surface area (Å²) in [5.74, 6) is 0.216. The number of nitrogens with zero attached hydrogens (tertiary/aromatic N) is 6. The van der Waals surface area contributed by atoms with Gasteiger partial charge in [0.2, 0.25) is 5.91 Å². The van der Waals surface area contributed by atoms with Gasteiger partial charge in [0.15, 0.2) is 11.5 Å². The van der Waals surface area contributed by atoms with Crippen molar-refractivity contribution in [3.05, 3.63) is 48.7 Å². The summed E-state index contributed by atoms with van der Waals surface area (Å²) in [6.07, 6.45) is 8.53. The fourth-order valence-corrected chi connectivity index (χ4v) is 3.60. The summed E-state index contributed by atoms with van der Waals surface area (Å²) in [4.78, 5) is 46.5. The third kappa shape index (κ3) is 3.72. The van der Waals surface area contributed by atoms with E-state index in [1.54, 1.807) is 45.8 Å². The van der Waals surface area contributed by atoms with Crippen molar-refractivity contribution < 1.29 is 9.59 Å². The molecule has 5 rings (SSSR count). The maximum atomic E-state index is 12.5. The van der Waals surface area contributed by atoms with Crippen LogP contribution in [0.5, 0.6) is 0 Å². The predicted octanol–water partition coefficient (Wildman–Crippen LogP) is 3.01. The summed E-state index contributed by atoms with van der Waals surface area (Å²) < 4.78 is 0. The van der Waals surface area contributed by atoms with E-state index in [4.69, 9.17) is 0 Å². The molecule has 0 aliphatic carbocycles. The van der Waals surface area contributed by atoms with Crippen LogP contribution in [0.25, 0.3) is 44.7 Å². The normalized spacial score (nSPS) is 11.1. The monoisotopic (exact) mass is 455 g/mol. The highest BCUT2D eigenvalue weighted by molar-refractivity contribution is 6.05. The van der Waals surface area contributed by atoms with Crippen LogP contribution in [-0.2, 0) is 4.79 Å². The maximum absolute atomic E-state index is 12.5. The van der Waals surface area contributed by atoms with E-state index in [0.29, 0.717) is 45.9 Å². The molecule has 2 amide bonds. The molecule has 0 fully saturated rings. The first-order chi connectivity index (χ1) is 16.4. The molecular formula is C23H21N9O2. The third-order valence-corrected chi connectivity index (χ3v) is 5.35. The van der Waals surface area contributed by atoms with Crippen molar-refractivity contribution in [2.45, 2.75) is 13.3 Å². The van der Waals surface area contributed by atoms with E-state index in [2.05, 4.69) is 40.4 Å². The Balaban J connectivity index is 1.58. The van der Waals surface area contributed by atoms with Gasteiger partial charge in [-0.1, -0.05) is 6.92 Å². The smallest absolute Gasteiger partial charge is 0.257 e. The van der Waals surface area contributed by atoms with Crippen LogP contribution in [0.15, 0.2) is 43.1 Å². The number of imidazole rings is 1. The third-order valence-electron chi connectivity index (χ3n) is 5.35. The number of hydrogen-bond acceptors (Lipinski definition) is 7. The van der Waals surface area contributed by atoms with Crippen molar-refractivity contribution in [3.8, 4) is 22.6 Å². The van der Waals surface area contributed by atoms with Crippen molar-refractivity contribution in [2.24, 2.45) is 0 Å². The molecule has 5 aromatic rings. The van der Waals surface area contributed by atoms with E-state index in [9.17, 15) is 9.59 Å². The zero-order valence-corrected chi connectivity index (χ0v) is 18.7. The molecule has 0 spiro atoms. The van der Waals surface area contributed by atoms with Gasteiger partial charge in [0.05, 0.1) is 34.5 Å². The van der Waals surface area contributed by atoms with Crippen molar-refractivity contribution in [2.75, 3.05) is 19.4 Å². The number of H-pyrrole nitrogens is 2. The van der Waals surface area contributed by atoms with Crippen LogP contribution in [0.2, 0.25) is 0 Å². The zero-order chi connectivity index (χ0) is 23.8. The molecule has 0 aromatic carbocycles. The van der Waals surface area contributed by atoms with Gasteiger partial charge in [-0.3, -0.25) is 24.7 Å². The van der Waals surface area contributed by atoms with Crippen molar-refractivity contribution >= 4 is 39.6 Å². The van der Waals surface area contributed by atoms with E-state index in [1.807, 2.05) is 12.1 Å². The minimum absolute atomic E-state index is 0.0869. The average Bonchev–Trinajstić information content (AvgIpc) is 3.47. The molecule has 34 heavy (non-hydrogen) atoms. The first kappa shape index (κ1) is 21.2. The van der Waals surface area contributed by atoms with Crippen LogP contribution >= 0.6 is 0 Å². The molecule has 0 bridgehead atoms. The Bertz CT molecular complexity index is 1550. The number of hydrogen-bond donors (Lipinski definition) is 3. The molecule has 0 saturated carbocycles. The number of nitrogens with one attached hydrogen (secondary N) is 3. The molecule has 0 atom stereocenters. The molecule has 0 radical (unpaired) electrons. The standard InChI is InChI=1S/C23H21N9O2/c1-4-18(33)27-14-5-12(7-24-9-14)13-6-15-20(30-31-21(15)26-8-13)22-28-17-11-25-10-16(19(17)29-22)23(34)32(2)3/h5-11H,4H2,1-3H3,(H,27,33)(H,28,29)(H,26,30,31). The summed E-state index contributed by atoms with van der Waals surface area (Å²) in [7, 11) is 3.36. The fourth-order valence-electron chi connectivity index (χ4n) is 3.60. The van der Waals surface area contributed by atoms with Crippen molar-refractivity contribution in [3.63, 3.8) is 0 Å². The van der Waals surface area contributed by atoms with Gasteiger partial charge in [0.1, 0.15) is 11.2 Å². The summed E-state index contributed by atoms with van der Waals surface area (Å²) in [6.45, 7) is 1.79. The second-order valence-corrected chi connectivity index (χ2v) is 7.92. The topological polar surface area (TPSA) is 145 Å². The maximum Gasteiger partial charge on any atom is 0.257 e. The Morgan fingerprint density at radius 2 is 1.82 bits per heavy atom. The number of aromatic nitrogens is 7. The summed E-state index contributed by atoms with van der Waals surface area (Å²) in [5.41, 5.74) is 4.91. The summed E-state index contributed by atoms with van der Waals surface area (Å²) in [6, 6.07) is 3.77. The van der Waals surface area contributed by atoms with Gasteiger partial charge in [0, 0.05) is 50.2 Å². The Morgan fingerprint density at radius 3 is 2.62 bits per heavy atom. The number of aromatic amines is 2. The van der Waals surface area contributed by atoms with E-state index in [0.717, 1.165) is 16.5 Å².